The SMILES string of the molecule is COc1ccc(C)cc1NCC(=O)Nc1ccccc1C(=O)NCC(C)C. The molecule has 0 heterocycles. The maximum atomic E-state index is 12.4. The quantitative estimate of drug-likeness (QED) is 0.666. The van der Waals surface area contributed by atoms with Crippen molar-refractivity contribution in [3.05, 3.63) is 53.6 Å². The number of ether oxygens (including phenoxy) is 1. The van der Waals surface area contributed by atoms with E-state index in [2.05, 4.69) is 16.0 Å². The third kappa shape index (κ3) is 6.02. The van der Waals surface area contributed by atoms with Crippen molar-refractivity contribution < 1.29 is 14.3 Å². The maximum Gasteiger partial charge on any atom is 0.253 e. The standard InChI is InChI=1S/C21H27N3O3/c1-14(2)12-23-21(26)16-7-5-6-8-17(16)24-20(25)13-22-18-11-15(3)9-10-19(18)27-4/h5-11,14,22H,12-13H2,1-4H3,(H,23,26)(H,24,25). The Morgan fingerprint density at radius 1 is 1.07 bits per heavy atom. The van der Waals surface area contributed by atoms with Gasteiger partial charge in [-0.1, -0.05) is 32.0 Å². The number of nitrogens with one attached hydrogen (secondary N) is 3. The number of benzene rings is 2. The van der Waals surface area contributed by atoms with Crippen molar-refractivity contribution in [1.29, 1.82) is 0 Å². The van der Waals surface area contributed by atoms with Crippen LogP contribution in [-0.2, 0) is 4.79 Å². The minimum atomic E-state index is -0.248. The first-order valence-electron chi connectivity index (χ1n) is 8.96. The number of carbonyl (C=O) groups is 2. The van der Waals surface area contributed by atoms with Crippen LogP contribution in [0.25, 0.3) is 0 Å². The molecule has 2 amide bonds. The van der Waals surface area contributed by atoms with E-state index in [9.17, 15) is 9.59 Å². The van der Waals surface area contributed by atoms with Crippen molar-refractivity contribution in [2.45, 2.75) is 20.8 Å². The highest BCUT2D eigenvalue weighted by Crippen LogP contribution is 2.25. The summed E-state index contributed by atoms with van der Waals surface area (Å²) < 4.78 is 5.30. The molecular formula is C21H27N3O3. The third-order valence-corrected chi connectivity index (χ3v) is 3.91. The van der Waals surface area contributed by atoms with Gasteiger partial charge in [-0.05, 0) is 42.7 Å². The van der Waals surface area contributed by atoms with E-state index >= 15 is 0 Å². The van der Waals surface area contributed by atoms with Crippen molar-refractivity contribution in [3.63, 3.8) is 0 Å². The monoisotopic (exact) mass is 369 g/mol. The van der Waals surface area contributed by atoms with Gasteiger partial charge in [-0.3, -0.25) is 9.59 Å². The number of para-hydroxylation sites is 1. The van der Waals surface area contributed by atoms with Gasteiger partial charge >= 0.3 is 0 Å². The second-order valence-electron chi connectivity index (χ2n) is 6.75. The molecule has 0 spiro atoms. The van der Waals surface area contributed by atoms with E-state index < -0.39 is 0 Å². The van der Waals surface area contributed by atoms with E-state index in [1.807, 2.05) is 39.0 Å². The number of hydrogen-bond acceptors (Lipinski definition) is 4. The highest BCUT2D eigenvalue weighted by Gasteiger charge is 2.13. The van der Waals surface area contributed by atoms with Crippen LogP contribution in [0.3, 0.4) is 0 Å². The van der Waals surface area contributed by atoms with Crippen LogP contribution in [0.2, 0.25) is 0 Å². The smallest absolute Gasteiger partial charge is 0.253 e. The van der Waals surface area contributed by atoms with Gasteiger partial charge in [0, 0.05) is 6.54 Å². The van der Waals surface area contributed by atoms with Crippen LogP contribution in [0, 0.1) is 12.8 Å². The van der Waals surface area contributed by atoms with E-state index in [0.717, 1.165) is 11.3 Å². The van der Waals surface area contributed by atoms with Crippen LogP contribution in [0.4, 0.5) is 11.4 Å². The summed E-state index contributed by atoms with van der Waals surface area (Å²) in [5.74, 6) is 0.571. The summed E-state index contributed by atoms with van der Waals surface area (Å²) in [6.45, 7) is 6.66. The summed E-state index contributed by atoms with van der Waals surface area (Å²) in [7, 11) is 1.59. The van der Waals surface area contributed by atoms with E-state index in [0.29, 0.717) is 29.5 Å². The van der Waals surface area contributed by atoms with Crippen LogP contribution in [0.5, 0.6) is 5.75 Å². The molecular weight excluding hydrogens is 342 g/mol. The minimum absolute atomic E-state index is 0.0573. The van der Waals surface area contributed by atoms with Gasteiger partial charge < -0.3 is 20.7 Å². The number of carbonyl (C=O) groups excluding carboxylic acids is 2. The zero-order valence-electron chi connectivity index (χ0n) is 16.3. The number of hydrogen-bond donors (Lipinski definition) is 3. The molecule has 0 aromatic heterocycles. The van der Waals surface area contributed by atoms with Crippen molar-refractivity contribution in [1.82, 2.24) is 5.32 Å². The predicted molar refractivity (Wildman–Crippen MR) is 108 cm³/mol. The van der Waals surface area contributed by atoms with Gasteiger partial charge in [-0.15, -0.1) is 0 Å². The Labute approximate surface area is 160 Å². The fraction of sp³-hybridized carbons (Fsp3) is 0.333. The summed E-state index contributed by atoms with van der Waals surface area (Å²) in [6, 6.07) is 12.7. The molecule has 0 bridgehead atoms. The molecule has 0 unspecified atom stereocenters. The zero-order chi connectivity index (χ0) is 19.8. The molecule has 2 aromatic carbocycles. The molecule has 144 valence electrons. The Kier molecular flexibility index (Phi) is 7.23. The molecule has 0 saturated heterocycles. The highest BCUT2D eigenvalue weighted by atomic mass is 16.5. The lowest BCUT2D eigenvalue weighted by molar-refractivity contribution is -0.114. The van der Waals surface area contributed by atoms with Crippen LogP contribution in [0.15, 0.2) is 42.5 Å². The Morgan fingerprint density at radius 3 is 2.52 bits per heavy atom. The first-order chi connectivity index (χ1) is 12.9. The summed E-state index contributed by atoms with van der Waals surface area (Å²) in [5.41, 5.74) is 2.74. The average molecular weight is 369 g/mol. The maximum absolute atomic E-state index is 12.4. The molecule has 0 radical (unpaired) electrons. The molecule has 0 saturated carbocycles. The first kappa shape index (κ1) is 20.3. The third-order valence-electron chi connectivity index (χ3n) is 3.91. The molecule has 0 aliphatic heterocycles. The number of anilines is 2. The topological polar surface area (TPSA) is 79.5 Å². The fourth-order valence-corrected chi connectivity index (χ4v) is 2.51. The molecule has 27 heavy (non-hydrogen) atoms. The lowest BCUT2D eigenvalue weighted by atomic mass is 10.1. The van der Waals surface area contributed by atoms with Gasteiger partial charge in [-0.2, -0.15) is 0 Å². The molecule has 0 fully saturated rings. The lowest BCUT2D eigenvalue weighted by Gasteiger charge is -2.14. The Morgan fingerprint density at radius 2 is 1.81 bits per heavy atom. The molecule has 0 aliphatic rings. The van der Waals surface area contributed by atoms with Crippen LogP contribution in [0.1, 0.15) is 29.8 Å². The van der Waals surface area contributed by atoms with E-state index in [1.54, 1.807) is 31.4 Å². The number of aryl methyl sites for hydroxylation is 1. The van der Waals surface area contributed by atoms with Crippen molar-refractivity contribution >= 4 is 23.2 Å². The Balaban J connectivity index is 2.02. The van der Waals surface area contributed by atoms with Crippen LogP contribution < -0.4 is 20.7 Å². The summed E-state index contributed by atoms with van der Waals surface area (Å²) in [4.78, 5) is 24.7. The Hall–Kier alpha value is -3.02. The summed E-state index contributed by atoms with van der Waals surface area (Å²) in [5, 5.41) is 8.74. The largest absolute Gasteiger partial charge is 0.495 e. The van der Waals surface area contributed by atoms with Crippen LogP contribution in [-0.4, -0.2) is 32.0 Å². The first-order valence-corrected chi connectivity index (χ1v) is 8.96. The van der Waals surface area contributed by atoms with Gasteiger partial charge in [0.1, 0.15) is 5.75 Å². The van der Waals surface area contributed by atoms with Gasteiger partial charge in [-0.25, -0.2) is 0 Å². The van der Waals surface area contributed by atoms with Crippen LogP contribution >= 0.6 is 0 Å². The summed E-state index contributed by atoms with van der Waals surface area (Å²) in [6.07, 6.45) is 0. The molecule has 0 atom stereocenters. The van der Waals surface area contributed by atoms with Gasteiger partial charge in [0.2, 0.25) is 5.91 Å². The zero-order valence-corrected chi connectivity index (χ0v) is 16.3. The van der Waals surface area contributed by atoms with Gasteiger partial charge in [0.15, 0.2) is 0 Å². The fourth-order valence-electron chi connectivity index (χ4n) is 2.51. The molecule has 3 N–H and O–H groups in total. The molecule has 6 heteroatoms. The van der Waals surface area contributed by atoms with E-state index in [4.69, 9.17) is 4.74 Å². The molecule has 2 rings (SSSR count). The number of methoxy groups -OCH3 is 1. The normalized spacial score (nSPS) is 10.4. The molecule has 0 aliphatic carbocycles. The van der Waals surface area contributed by atoms with Gasteiger partial charge in [0.25, 0.3) is 5.91 Å². The highest BCUT2D eigenvalue weighted by molar-refractivity contribution is 6.04. The number of amides is 2. The second kappa shape index (κ2) is 9.62. The summed E-state index contributed by atoms with van der Waals surface area (Å²) >= 11 is 0. The van der Waals surface area contributed by atoms with Crippen molar-refractivity contribution in [3.8, 4) is 5.75 Å². The predicted octanol–water partition coefficient (Wildman–Crippen LogP) is 3.44. The number of rotatable bonds is 8. The lowest BCUT2D eigenvalue weighted by Crippen LogP contribution is -2.29. The van der Waals surface area contributed by atoms with Gasteiger partial charge in [0.05, 0.1) is 30.6 Å². The minimum Gasteiger partial charge on any atom is -0.495 e. The Bertz CT molecular complexity index is 803. The van der Waals surface area contributed by atoms with Crippen molar-refractivity contribution in [2.75, 3.05) is 30.8 Å². The van der Waals surface area contributed by atoms with Crippen molar-refractivity contribution in [2.24, 2.45) is 5.92 Å². The second-order valence-corrected chi connectivity index (χ2v) is 6.75. The van der Waals surface area contributed by atoms with E-state index in [-0.39, 0.29) is 18.4 Å². The molecule has 2 aromatic rings. The average Bonchev–Trinajstić information content (AvgIpc) is 2.65. The van der Waals surface area contributed by atoms with E-state index in [1.165, 1.54) is 0 Å². The molecule has 6 nitrogen and oxygen atoms in total.